The Morgan fingerprint density at radius 1 is 1.08 bits per heavy atom. The highest BCUT2D eigenvalue weighted by Crippen LogP contribution is 2.65. The largest absolute Gasteiger partial charge is 0.462 e. The minimum absolute atomic E-state index is 0.156. The quantitative estimate of drug-likeness (QED) is 0.483. The zero-order valence-electron chi connectivity index (χ0n) is 13.9. The number of nitrogens with zero attached hydrogens (tertiary/aromatic N) is 1. The summed E-state index contributed by atoms with van der Waals surface area (Å²) in [5, 5.41) is 0. The molecule has 1 aromatic carbocycles. The first kappa shape index (κ1) is 14.9. The molecule has 0 spiro atoms. The van der Waals surface area contributed by atoms with E-state index in [0.29, 0.717) is 17.5 Å². The fourth-order valence-electron chi connectivity index (χ4n) is 5.24. The van der Waals surface area contributed by atoms with E-state index in [9.17, 15) is 14.4 Å². The summed E-state index contributed by atoms with van der Waals surface area (Å²) in [6.07, 6.45) is 5.42. The molecule has 1 aromatic rings. The lowest BCUT2D eigenvalue weighted by molar-refractivity contribution is -0.124. The van der Waals surface area contributed by atoms with Crippen LogP contribution in [0.3, 0.4) is 0 Å². The third-order valence-corrected chi connectivity index (χ3v) is 6.30. The second kappa shape index (κ2) is 5.04. The monoisotopic (exact) mass is 337 g/mol. The van der Waals surface area contributed by atoms with E-state index in [0.717, 1.165) is 6.42 Å². The Hall–Kier alpha value is -2.43. The van der Waals surface area contributed by atoms with E-state index in [-0.39, 0.29) is 47.7 Å². The van der Waals surface area contributed by atoms with Crippen molar-refractivity contribution in [2.45, 2.75) is 13.3 Å². The smallest absolute Gasteiger partial charge is 0.340 e. The van der Waals surface area contributed by atoms with E-state index >= 15 is 0 Å². The van der Waals surface area contributed by atoms with Crippen LogP contribution in [-0.4, -0.2) is 24.4 Å². The van der Waals surface area contributed by atoms with E-state index in [4.69, 9.17) is 4.74 Å². The molecule has 0 radical (unpaired) electrons. The van der Waals surface area contributed by atoms with E-state index < -0.39 is 5.97 Å². The van der Waals surface area contributed by atoms with Gasteiger partial charge in [-0.05, 0) is 49.1 Å². The summed E-state index contributed by atoms with van der Waals surface area (Å²) in [6.45, 7) is 1.98. The van der Waals surface area contributed by atoms with Gasteiger partial charge < -0.3 is 4.74 Å². The number of para-hydroxylation sites is 1. The summed E-state index contributed by atoms with van der Waals surface area (Å²) >= 11 is 0. The third-order valence-electron chi connectivity index (χ3n) is 6.30. The van der Waals surface area contributed by atoms with Crippen molar-refractivity contribution in [1.29, 1.82) is 0 Å². The lowest BCUT2D eigenvalue weighted by Gasteiger charge is -2.37. The first-order valence-electron chi connectivity index (χ1n) is 8.95. The van der Waals surface area contributed by atoms with Crippen molar-refractivity contribution in [3.8, 4) is 0 Å². The molecule has 2 saturated carbocycles. The Bertz CT molecular complexity index is 793. The fraction of sp³-hybridized carbons (Fsp3) is 0.450. The zero-order valence-corrected chi connectivity index (χ0v) is 13.9. The number of rotatable bonds is 3. The number of carbonyl (C=O) groups excluding carboxylic acids is 3. The number of anilines is 1. The van der Waals surface area contributed by atoms with Gasteiger partial charge in [-0.2, -0.15) is 0 Å². The summed E-state index contributed by atoms with van der Waals surface area (Å²) in [4.78, 5) is 39.8. The number of benzene rings is 1. The second-order valence-corrected chi connectivity index (χ2v) is 7.40. The lowest BCUT2D eigenvalue weighted by Crippen LogP contribution is -2.40. The highest BCUT2D eigenvalue weighted by Gasteiger charge is 2.67. The Balaban J connectivity index is 1.56. The number of esters is 1. The van der Waals surface area contributed by atoms with Gasteiger partial charge in [0, 0.05) is 0 Å². The van der Waals surface area contributed by atoms with Gasteiger partial charge in [-0.1, -0.05) is 24.3 Å². The average Bonchev–Trinajstić information content (AvgIpc) is 3.40. The van der Waals surface area contributed by atoms with Crippen molar-refractivity contribution >= 4 is 23.5 Å². The third kappa shape index (κ3) is 1.86. The number of ether oxygens (including phenoxy) is 1. The van der Waals surface area contributed by atoms with E-state index in [1.165, 1.54) is 4.90 Å². The van der Waals surface area contributed by atoms with Crippen LogP contribution in [-0.2, 0) is 14.3 Å². The van der Waals surface area contributed by atoms with Crippen LogP contribution in [0.2, 0.25) is 0 Å². The van der Waals surface area contributed by atoms with Crippen molar-refractivity contribution in [2.24, 2.45) is 35.5 Å². The summed E-state index contributed by atoms with van der Waals surface area (Å²) in [5.74, 6) is 0.141. The predicted octanol–water partition coefficient (Wildman–Crippen LogP) is 2.42. The number of amides is 2. The topological polar surface area (TPSA) is 63.7 Å². The maximum Gasteiger partial charge on any atom is 0.340 e. The summed E-state index contributed by atoms with van der Waals surface area (Å²) < 4.78 is 5.10. The molecule has 1 saturated heterocycles. The Labute approximate surface area is 145 Å². The molecule has 2 bridgehead atoms. The van der Waals surface area contributed by atoms with Gasteiger partial charge in [-0.15, -0.1) is 0 Å². The molecule has 5 heteroatoms. The van der Waals surface area contributed by atoms with Gasteiger partial charge >= 0.3 is 5.97 Å². The van der Waals surface area contributed by atoms with Crippen molar-refractivity contribution in [3.05, 3.63) is 42.0 Å². The van der Waals surface area contributed by atoms with Gasteiger partial charge in [-0.25, -0.2) is 9.69 Å². The fourth-order valence-corrected chi connectivity index (χ4v) is 5.24. The number of hydrogen-bond donors (Lipinski definition) is 0. The van der Waals surface area contributed by atoms with Gasteiger partial charge in [0.05, 0.1) is 29.7 Å². The van der Waals surface area contributed by atoms with Crippen LogP contribution in [0.15, 0.2) is 36.4 Å². The first-order valence-corrected chi connectivity index (χ1v) is 8.95. The van der Waals surface area contributed by atoms with Crippen molar-refractivity contribution in [2.75, 3.05) is 11.5 Å². The molecule has 6 atom stereocenters. The SMILES string of the molecule is CCOC(=O)c1ccccc1N1C(=O)[C@@H]2[C@H]3C=C[C@@H]([C@@H]4C[C@@H]34)[C@H]2C1=O. The molecule has 5 aliphatic rings. The average molecular weight is 337 g/mol. The molecule has 1 heterocycles. The Morgan fingerprint density at radius 3 is 2.28 bits per heavy atom. The predicted molar refractivity (Wildman–Crippen MR) is 89.6 cm³/mol. The molecule has 2 amide bonds. The minimum Gasteiger partial charge on any atom is -0.462 e. The molecular weight excluding hydrogens is 318 g/mol. The molecule has 5 nitrogen and oxygen atoms in total. The molecule has 4 aliphatic carbocycles. The van der Waals surface area contributed by atoms with Gasteiger partial charge in [0.15, 0.2) is 0 Å². The van der Waals surface area contributed by atoms with Gasteiger partial charge in [0.1, 0.15) is 0 Å². The first-order chi connectivity index (χ1) is 12.1. The van der Waals surface area contributed by atoms with Crippen LogP contribution >= 0.6 is 0 Å². The van der Waals surface area contributed by atoms with E-state index in [2.05, 4.69) is 12.2 Å². The zero-order chi connectivity index (χ0) is 17.3. The van der Waals surface area contributed by atoms with E-state index in [1.807, 2.05) is 0 Å². The Kier molecular flexibility index (Phi) is 3.00. The van der Waals surface area contributed by atoms with Crippen molar-refractivity contribution < 1.29 is 19.1 Å². The highest BCUT2D eigenvalue weighted by molar-refractivity contribution is 6.24. The molecular formula is C20H19NO4. The maximum atomic E-state index is 13.2. The normalized spacial score (nSPS) is 37.1. The summed E-state index contributed by atoms with van der Waals surface area (Å²) in [5.41, 5.74) is 0.633. The van der Waals surface area contributed by atoms with Crippen LogP contribution in [0.25, 0.3) is 0 Å². The van der Waals surface area contributed by atoms with Gasteiger partial charge in [0.25, 0.3) is 0 Å². The number of carbonyl (C=O) groups is 3. The van der Waals surface area contributed by atoms with Crippen molar-refractivity contribution in [3.63, 3.8) is 0 Å². The van der Waals surface area contributed by atoms with Gasteiger partial charge in [-0.3, -0.25) is 9.59 Å². The molecule has 128 valence electrons. The van der Waals surface area contributed by atoms with Crippen LogP contribution in [0.5, 0.6) is 0 Å². The Morgan fingerprint density at radius 2 is 1.68 bits per heavy atom. The molecule has 1 aliphatic heterocycles. The number of hydrogen-bond acceptors (Lipinski definition) is 4. The van der Waals surface area contributed by atoms with E-state index in [1.54, 1.807) is 31.2 Å². The molecule has 0 aromatic heterocycles. The molecule has 3 fully saturated rings. The second-order valence-electron chi connectivity index (χ2n) is 7.40. The number of allylic oxidation sites excluding steroid dienone is 2. The highest BCUT2D eigenvalue weighted by atomic mass is 16.5. The lowest BCUT2D eigenvalue weighted by atomic mass is 9.63. The summed E-state index contributed by atoms with van der Waals surface area (Å²) in [7, 11) is 0. The minimum atomic E-state index is -0.502. The van der Waals surface area contributed by atoms with Crippen LogP contribution < -0.4 is 4.90 Å². The van der Waals surface area contributed by atoms with Crippen LogP contribution in [0, 0.1) is 35.5 Å². The molecule has 6 rings (SSSR count). The molecule has 0 N–H and O–H groups in total. The molecule has 25 heavy (non-hydrogen) atoms. The summed E-state index contributed by atoms with van der Waals surface area (Å²) in [6, 6.07) is 6.73. The number of imide groups is 1. The van der Waals surface area contributed by atoms with Crippen LogP contribution in [0.4, 0.5) is 5.69 Å². The maximum absolute atomic E-state index is 13.2. The molecule has 0 unspecified atom stereocenters. The van der Waals surface area contributed by atoms with Crippen molar-refractivity contribution in [1.82, 2.24) is 0 Å². The van der Waals surface area contributed by atoms with Crippen LogP contribution in [0.1, 0.15) is 23.7 Å². The standard InChI is InChI=1S/C20H19NO4/c1-2-25-20(24)12-5-3-4-6-15(12)21-18(22)16-10-7-8-11(14-9-13(10)14)17(16)19(21)23/h3-8,10-11,13-14,16-17H,2,9H2,1H3/t10-,11-,13-,14-,16+,17+/m0/s1. The van der Waals surface area contributed by atoms with Gasteiger partial charge in [0.2, 0.25) is 11.8 Å².